The van der Waals surface area contributed by atoms with E-state index >= 15 is 0 Å². The van der Waals surface area contributed by atoms with Gasteiger partial charge in [0.05, 0.1) is 0 Å². The van der Waals surface area contributed by atoms with Crippen LogP contribution in [0, 0.1) is 17.8 Å². The van der Waals surface area contributed by atoms with Gasteiger partial charge in [-0.1, -0.05) is 18.7 Å². The fraction of sp³-hybridized carbons (Fsp3) is 0.750. The van der Waals surface area contributed by atoms with Crippen LogP contribution in [-0.2, 0) is 0 Å². The molecule has 1 aromatic rings. The molecular weight excluding hydrogens is 280 g/mol. The number of aromatic nitrogens is 2. The van der Waals surface area contributed by atoms with E-state index in [0.717, 1.165) is 54.1 Å². The van der Waals surface area contributed by atoms with Crippen molar-refractivity contribution in [1.82, 2.24) is 9.97 Å². The zero-order chi connectivity index (χ0) is 14.7. The highest BCUT2D eigenvalue weighted by atomic mass is 32.2. The van der Waals surface area contributed by atoms with Crippen molar-refractivity contribution in [1.29, 1.82) is 0 Å². The van der Waals surface area contributed by atoms with Gasteiger partial charge in [0.15, 0.2) is 5.16 Å². The Kier molecular flexibility index (Phi) is 4.88. The smallest absolute Gasteiger partial charge is 0.191 e. The number of hydrogen-bond acceptors (Lipinski definition) is 5. The molecule has 2 aliphatic rings. The molecule has 0 amide bonds. The first-order valence-electron chi connectivity index (χ1n) is 8.21. The summed E-state index contributed by atoms with van der Waals surface area (Å²) in [5.41, 5.74) is 0. The maximum Gasteiger partial charge on any atom is 0.191 e. The summed E-state index contributed by atoms with van der Waals surface area (Å²) in [5, 5.41) is 7.78. The molecule has 0 saturated heterocycles. The summed E-state index contributed by atoms with van der Waals surface area (Å²) in [6.45, 7) is 4.20. The Morgan fingerprint density at radius 1 is 1.14 bits per heavy atom. The van der Waals surface area contributed by atoms with Crippen molar-refractivity contribution in [3.8, 4) is 0 Å². The lowest BCUT2D eigenvalue weighted by Crippen LogP contribution is -2.19. The average molecular weight is 306 g/mol. The van der Waals surface area contributed by atoms with E-state index in [1.54, 1.807) is 11.8 Å². The first-order valence-corrected chi connectivity index (χ1v) is 9.43. The van der Waals surface area contributed by atoms with Crippen molar-refractivity contribution >= 4 is 23.4 Å². The molecule has 4 nitrogen and oxygen atoms in total. The number of anilines is 2. The van der Waals surface area contributed by atoms with Crippen LogP contribution in [0.5, 0.6) is 0 Å². The van der Waals surface area contributed by atoms with Crippen LogP contribution < -0.4 is 10.6 Å². The summed E-state index contributed by atoms with van der Waals surface area (Å²) < 4.78 is 0. The second-order valence-electron chi connectivity index (χ2n) is 6.27. The average Bonchev–Trinajstić information content (AvgIpc) is 3.37. The summed E-state index contributed by atoms with van der Waals surface area (Å²) in [7, 11) is 0. The highest BCUT2D eigenvalue weighted by Crippen LogP contribution is 2.49. The van der Waals surface area contributed by atoms with Gasteiger partial charge in [0.2, 0.25) is 0 Å². The summed E-state index contributed by atoms with van der Waals surface area (Å²) in [5.74, 6) is 4.73. The Morgan fingerprint density at radius 2 is 1.76 bits per heavy atom. The Labute approximate surface area is 131 Å². The van der Waals surface area contributed by atoms with Crippen LogP contribution in [-0.4, -0.2) is 29.3 Å². The molecule has 0 aromatic carbocycles. The molecule has 0 spiro atoms. The van der Waals surface area contributed by atoms with E-state index in [2.05, 4.69) is 27.5 Å². The Hall–Kier alpha value is -0.970. The van der Waals surface area contributed by atoms with E-state index in [1.165, 1.54) is 25.7 Å². The molecule has 0 bridgehead atoms. The number of nitrogens with one attached hydrogen (secondary N) is 2. The summed E-state index contributed by atoms with van der Waals surface area (Å²) in [6, 6.07) is 2.05. The van der Waals surface area contributed by atoms with Crippen molar-refractivity contribution in [2.24, 2.45) is 17.8 Å². The van der Waals surface area contributed by atoms with Crippen LogP contribution in [0.2, 0.25) is 0 Å². The Morgan fingerprint density at radius 3 is 2.29 bits per heavy atom. The minimum atomic E-state index is 0.841. The van der Waals surface area contributed by atoms with Gasteiger partial charge < -0.3 is 10.6 Å². The van der Waals surface area contributed by atoms with Gasteiger partial charge in [0.25, 0.3) is 0 Å². The molecule has 2 fully saturated rings. The van der Waals surface area contributed by atoms with Crippen LogP contribution in [0.1, 0.15) is 39.0 Å². The van der Waals surface area contributed by atoms with E-state index in [9.17, 15) is 0 Å². The maximum absolute atomic E-state index is 4.59. The number of rotatable bonds is 9. The molecule has 1 heterocycles. The van der Waals surface area contributed by atoms with Crippen molar-refractivity contribution in [3.63, 3.8) is 0 Å². The Bertz CT molecular complexity index is 459. The maximum atomic E-state index is 4.59. The molecule has 0 unspecified atom stereocenters. The van der Waals surface area contributed by atoms with Crippen LogP contribution in [0.15, 0.2) is 11.2 Å². The van der Waals surface area contributed by atoms with Crippen LogP contribution >= 0.6 is 11.8 Å². The topological polar surface area (TPSA) is 49.8 Å². The normalized spacial score (nSPS) is 18.0. The van der Waals surface area contributed by atoms with Crippen LogP contribution in [0.25, 0.3) is 0 Å². The fourth-order valence-corrected chi connectivity index (χ4v) is 3.32. The zero-order valence-corrected chi connectivity index (χ0v) is 13.9. The lowest BCUT2D eigenvalue weighted by Gasteiger charge is -2.17. The second kappa shape index (κ2) is 6.86. The summed E-state index contributed by atoms with van der Waals surface area (Å²) in [6.07, 6.45) is 8.88. The monoisotopic (exact) mass is 306 g/mol. The zero-order valence-electron chi connectivity index (χ0n) is 13.1. The highest BCUT2D eigenvalue weighted by molar-refractivity contribution is 7.98. The molecule has 2 aliphatic carbocycles. The molecular formula is C16H26N4S. The lowest BCUT2D eigenvalue weighted by atomic mass is 9.98. The van der Waals surface area contributed by atoms with Crippen LogP contribution in [0.3, 0.4) is 0 Å². The highest BCUT2D eigenvalue weighted by Gasteiger charge is 2.41. The quantitative estimate of drug-likeness (QED) is 0.536. The molecule has 0 aliphatic heterocycles. The molecule has 0 atom stereocenters. The molecule has 116 valence electrons. The third-order valence-electron chi connectivity index (χ3n) is 4.42. The first kappa shape index (κ1) is 14.9. The minimum absolute atomic E-state index is 0.841. The van der Waals surface area contributed by atoms with Gasteiger partial charge in [0, 0.05) is 19.2 Å². The third kappa shape index (κ3) is 4.25. The molecule has 2 N–H and O–H groups in total. The lowest BCUT2D eigenvalue weighted by molar-refractivity contribution is 0.427. The standard InChI is InChI=1S/C16H26N4S/c1-3-8-17-14-9-15(20-16(19-14)21-2)18-10-13(11-4-5-11)12-6-7-12/h9,11-13H,3-8,10H2,1-2H3,(H2,17,18,19,20). The van der Waals surface area contributed by atoms with Gasteiger partial charge in [0.1, 0.15) is 11.6 Å². The van der Waals surface area contributed by atoms with Gasteiger partial charge in [-0.05, 0) is 56.1 Å². The number of thioether (sulfide) groups is 1. The van der Waals surface area contributed by atoms with Crippen molar-refractivity contribution in [3.05, 3.63) is 6.07 Å². The van der Waals surface area contributed by atoms with Gasteiger partial charge in [-0.2, -0.15) is 0 Å². The van der Waals surface area contributed by atoms with Gasteiger partial charge >= 0.3 is 0 Å². The van der Waals surface area contributed by atoms with E-state index in [0.29, 0.717) is 0 Å². The molecule has 5 heteroatoms. The second-order valence-corrected chi connectivity index (χ2v) is 7.04. The predicted molar refractivity (Wildman–Crippen MR) is 90.0 cm³/mol. The fourth-order valence-electron chi connectivity index (χ4n) is 2.94. The molecule has 1 aromatic heterocycles. The van der Waals surface area contributed by atoms with E-state index in [-0.39, 0.29) is 0 Å². The Balaban J connectivity index is 1.62. The van der Waals surface area contributed by atoms with Crippen molar-refractivity contribution in [2.75, 3.05) is 30.0 Å². The molecule has 2 saturated carbocycles. The molecule has 3 rings (SSSR count). The van der Waals surface area contributed by atoms with Gasteiger partial charge in [-0.25, -0.2) is 9.97 Å². The number of hydrogen-bond donors (Lipinski definition) is 2. The molecule has 21 heavy (non-hydrogen) atoms. The van der Waals surface area contributed by atoms with E-state index < -0.39 is 0 Å². The first-order chi connectivity index (χ1) is 10.3. The SMILES string of the molecule is CCCNc1cc(NCC(C2CC2)C2CC2)nc(SC)n1. The van der Waals surface area contributed by atoms with E-state index in [1.807, 2.05) is 12.3 Å². The van der Waals surface area contributed by atoms with Gasteiger partial charge in [-0.15, -0.1) is 0 Å². The van der Waals surface area contributed by atoms with Crippen LogP contribution in [0.4, 0.5) is 11.6 Å². The summed E-state index contributed by atoms with van der Waals surface area (Å²) in [4.78, 5) is 9.10. The minimum Gasteiger partial charge on any atom is -0.370 e. The third-order valence-corrected chi connectivity index (χ3v) is 4.97. The van der Waals surface area contributed by atoms with E-state index in [4.69, 9.17) is 0 Å². The van der Waals surface area contributed by atoms with Gasteiger partial charge in [-0.3, -0.25) is 0 Å². The van der Waals surface area contributed by atoms with Crippen molar-refractivity contribution in [2.45, 2.75) is 44.2 Å². The number of nitrogens with zero attached hydrogens (tertiary/aromatic N) is 2. The largest absolute Gasteiger partial charge is 0.370 e. The van der Waals surface area contributed by atoms with Crippen molar-refractivity contribution < 1.29 is 0 Å². The summed E-state index contributed by atoms with van der Waals surface area (Å²) >= 11 is 1.60. The molecule has 0 radical (unpaired) electrons. The predicted octanol–water partition coefficient (Wildman–Crippen LogP) is 3.87.